The highest BCUT2D eigenvalue weighted by molar-refractivity contribution is 7.85. The second-order valence-corrected chi connectivity index (χ2v) is 15.1. The molecule has 0 saturated heterocycles. The maximum Gasteiger partial charge on any atom is 0.423 e. The van der Waals surface area contributed by atoms with Gasteiger partial charge in [-0.25, -0.2) is 14.8 Å². The lowest BCUT2D eigenvalue weighted by Crippen LogP contribution is -2.38. The van der Waals surface area contributed by atoms with E-state index in [4.69, 9.17) is 25.3 Å². The molecule has 1 saturated carbocycles. The fourth-order valence-electron chi connectivity index (χ4n) is 5.48. The molecule has 0 spiro atoms. The number of nitrogens with one attached hydrogen (secondary N) is 2. The number of halogens is 1. The molecule has 0 unspecified atom stereocenters. The minimum atomic E-state index is -4.45. The quantitative estimate of drug-likeness (QED) is 0.268. The molecule has 1 aliphatic carbocycles. The zero-order chi connectivity index (χ0) is 32.5. The number of rotatable bonds is 9. The Balaban J connectivity index is 1.25. The van der Waals surface area contributed by atoms with Gasteiger partial charge in [0, 0.05) is 28.1 Å². The molecule has 1 fully saturated rings. The molecule has 12 nitrogen and oxygen atoms in total. The van der Waals surface area contributed by atoms with Gasteiger partial charge in [-0.3, -0.25) is 8.98 Å². The van der Waals surface area contributed by atoms with E-state index in [1.54, 1.807) is 25.5 Å². The number of ketones is 1. The Morgan fingerprint density at radius 2 is 1.98 bits per heavy atom. The first-order chi connectivity index (χ1) is 21.2. The van der Waals surface area contributed by atoms with Crippen LogP contribution in [0.1, 0.15) is 76.5 Å². The summed E-state index contributed by atoms with van der Waals surface area (Å²) >= 11 is 7.65. The van der Waals surface area contributed by atoms with Gasteiger partial charge in [-0.1, -0.05) is 17.7 Å². The normalized spacial score (nSPS) is 21.6. The summed E-state index contributed by atoms with van der Waals surface area (Å²) in [7, 11) is -4.45. The molecule has 15 heteroatoms. The van der Waals surface area contributed by atoms with Crippen molar-refractivity contribution in [3.63, 3.8) is 0 Å². The van der Waals surface area contributed by atoms with Crippen LogP contribution in [-0.2, 0) is 30.4 Å². The van der Waals surface area contributed by atoms with Crippen LogP contribution in [0.3, 0.4) is 0 Å². The molecule has 4 atom stereocenters. The molecule has 242 valence electrons. The fraction of sp³-hybridized carbons (Fsp3) is 0.467. The van der Waals surface area contributed by atoms with E-state index in [1.165, 1.54) is 23.9 Å². The Morgan fingerprint density at radius 1 is 1.20 bits per heavy atom. The number of benzene rings is 1. The van der Waals surface area contributed by atoms with Crippen molar-refractivity contribution in [1.82, 2.24) is 14.7 Å². The van der Waals surface area contributed by atoms with Gasteiger partial charge < -0.3 is 19.9 Å². The van der Waals surface area contributed by atoms with Crippen LogP contribution in [0.5, 0.6) is 0 Å². The predicted molar refractivity (Wildman–Crippen MR) is 168 cm³/mol. The van der Waals surface area contributed by atoms with E-state index in [-0.39, 0.29) is 36.5 Å². The molecule has 3 heterocycles. The third-order valence-corrected chi connectivity index (χ3v) is 9.67. The van der Waals surface area contributed by atoms with Crippen LogP contribution >= 0.6 is 22.9 Å². The standard InChI is InChI=1S/C30H35ClN4O8S2/c1-16-21(27-22-10-19(31)6-5-17(22)7-8-41-27)12-25(44-16)26(37)23-13-32-15-33-28(23)34-20-9-18(24(36)11-20)14-42-45(39,40)35-29(38)43-30(2,3)4/h5-6,10,12-13,15,18,20,24,27,36H,7-9,11,14H2,1-4H3,(H,35,38)(H,32,33,34)/t18-,20-,24+,27+/m1/s1. The van der Waals surface area contributed by atoms with Gasteiger partial charge in [0.15, 0.2) is 0 Å². The van der Waals surface area contributed by atoms with Gasteiger partial charge >= 0.3 is 16.4 Å². The van der Waals surface area contributed by atoms with Crippen LogP contribution in [0, 0.1) is 12.8 Å². The fourth-order valence-corrected chi connectivity index (χ4v) is 7.33. The van der Waals surface area contributed by atoms with Crippen molar-refractivity contribution in [2.75, 3.05) is 18.5 Å². The minimum absolute atomic E-state index is 0.258. The van der Waals surface area contributed by atoms with E-state index < -0.39 is 34.0 Å². The smallest absolute Gasteiger partial charge is 0.423 e. The molecule has 1 aliphatic heterocycles. The van der Waals surface area contributed by atoms with E-state index in [0.717, 1.165) is 28.0 Å². The summed E-state index contributed by atoms with van der Waals surface area (Å²) < 4.78 is 42.2. The van der Waals surface area contributed by atoms with Crippen molar-refractivity contribution < 1.29 is 36.8 Å². The van der Waals surface area contributed by atoms with Crippen LogP contribution in [0.15, 0.2) is 36.8 Å². The summed E-state index contributed by atoms with van der Waals surface area (Å²) in [4.78, 5) is 35.4. The monoisotopic (exact) mass is 678 g/mol. The van der Waals surface area contributed by atoms with E-state index in [2.05, 4.69) is 15.3 Å². The summed E-state index contributed by atoms with van der Waals surface area (Å²) in [6.45, 7) is 6.94. The molecule has 3 aromatic rings. The van der Waals surface area contributed by atoms with Crippen LogP contribution in [0.4, 0.5) is 10.6 Å². The van der Waals surface area contributed by atoms with Crippen molar-refractivity contribution in [1.29, 1.82) is 0 Å². The van der Waals surface area contributed by atoms with Crippen molar-refractivity contribution in [3.05, 3.63) is 73.8 Å². The number of anilines is 1. The number of thiophene rings is 1. The van der Waals surface area contributed by atoms with Crippen LogP contribution < -0.4 is 10.0 Å². The van der Waals surface area contributed by atoms with Crippen LogP contribution in [0.25, 0.3) is 0 Å². The maximum atomic E-state index is 13.8. The van der Waals surface area contributed by atoms with Gasteiger partial charge in [-0.05, 0) is 81.8 Å². The van der Waals surface area contributed by atoms with Crippen molar-refractivity contribution in [3.8, 4) is 0 Å². The first kappa shape index (κ1) is 33.2. The summed E-state index contributed by atoms with van der Waals surface area (Å²) in [5.74, 6) is -0.531. The summed E-state index contributed by atoms with van der Waals surface area (Å²) in [5, 5.41) is 14.5. The Hall–Kier alpha value is -3.14. The van der Waals surface area contributed by atoms with E-state index >= 15 is 0 Å². The minimum Gasteiger partial charge on any atom is -0.443 e. The highest BCUT2D eigenvalue weighted by Crippen LogP contribution is 2.39. The SMILES string of the molecule is Cc1sc(C(=O)c2cncnc2N[C@@H]2C[C@H](COS(=O)(=O)NC(=O)OC(C)(C)C)[C@@H](O)C2)cc1[C@@H]1OCCc2ccc(Cl)cc21. The summed E-state index contributed by atoms with van der Waals surface area (Å²) in [6.07, 6.45) is 1.74. The molecular weight excluding hydrogens is 644 g/mol. The lowest BCUT2D eigenvalue weighted by Gasteiger charge is -2.26. The predicted octanol–water partition coefficient (Wildman–Crippen LogP) is 4.73. The molecule has 0 radical (unpaired) electrons. The zero-order valence-electron chi connectivity index (χ0n) is 25.2. The Morgan fingerprint density at radius 3 is 2.73 bits per heavy atom. The molecule has 45 heavy (non-hydrogen) atoms. The zero-order valence-corrected chi connectivity index (χ0v) is 27.6. The number of carbonyl (C=O) groups is 2. The van der Waals surface area contributed by atoms with Crippen molar-refractivity contribution in [2.45, 2.75) is 70.8 Å². The van der Waals surface area contributed by atoms with Gasteiger partial charge in [0.25, 0.3) is 0 Å². The van der Waals surface area contributed by atoms with Crippen LogP contribution in [0.2, 0.25) is 5.02 Å². The number of aliphatic hydroxyl groups excluding tert-OH is 1. The Kier molecular flexibility index (Phi) is 9.82. The van der Waals surface area contributed by atoms with Gasteiger partial charge in [0.05, 0.1) is 29.8 Å². The third-order valence-electron chi connectivity index (χ3n) is 7.51. The van der Waals surface area contributed by atoms with Gasteiger partial charge in [0.1, 0.15) is 23.9 Å². The highest BCUT2D eigenvalue weighted by Gasteiger charge is 2.36. The summed E-state index contributed by atoms with van der Waals surface area (Å²) in [6, 6.07) is 7.30. The molecule has 5 rings (SSSR count). The van der Waals surface area contributed by atoms with Gasteiger partial charge in [-0.15, -0.1) is 11.3 Å². The van der Waals surface area contributed by atoms with E-state index in [1.807, 2.05) is 31.2 Å². The number of fused-ring (bicyclic) bond motifs is 1. The number of amides is 1. The molecule has 0 bridgehead atoms. The Labute approximate surface area is 270 Å². The molecule has 3 N–H and O–H groups in total. The van der Waals surface area contributed by atoms with Crippen molar-refractivity contribution in [2.24, 2.45) is 5.92 Å². The number of hydrogen-bond acceptors (Lipinski definition) is 12. The largest absolute Gasteiger partial charge is 0.443 e. The van der Waals surface area contributed by atoms with E-state index in [0.29, 0.717) is 28.7 Å². The second kappa shape index (κ2) is 13.3. The highest BCUT2D eigenvalue weighted by atomic mass is 35.5. The first-order valence-corrected chi connectivity index (χ1v) is 17.0. The van der Waals surface area contributed by atoms with Crippen molar-refractivity contribution >= 4 is 50.9 Å². The Bertz CT molecular complexity index is 1690. The topological polar surface area (TPSA) is 166 Å². The molecule has 2 aromatic heterocycles. The number of aliphatic hydroxyl groups is 1. The van der Waals surface area contributed by atoms with Gasteiger partial charge in [0.2, 0.25) is 5.78 Å². The maximum absolute atomic E-state index is 13.8. The third kappa shape index (κ3) is 8.18. The molecule has 1 amide bonds. The number of hydrogen-bond donors (Lipinski definition) is 3. The average Bonchev–Trinajstić information content (AvgIpc) is 3.51. The number of carbonyl (C=O) groups excluding carboxylic acids is 2. The number of aromatic nitrogens is 2. The van der Waals surface area contributed by atoms with Gasteiger partial charge in [-0.2, -0.15) is 13.1 Å². The average molecular weight is 679 g/mol. The molecule has 2 aliphatic rings. The summed E-state index contributed by atoms with van der Waals surface area (Å²) in [5.41, 5.74) is 2.42. The second-order valence-electron chi connectivity index (χ2n) is 12.1. The molecular formula is C30H35ClN4O8S2. The number of aryl methyl sites for hydroxylation is 1. The lowest BCUT2D eigenvalue weighted by molar-refractivity contribution is 0.0558. The van der Waals surface area contributed by atoms with E-state index in [9.17, 15) is 23.1 Å². The number of ether oxygens (including phenoxy) is 2. The van der Waals surface area contributed by atoms with Crippen LogP contribution in [-0.4, -0.2) is 66.3 Å². The lowest BCUT2D eigenvalue weighted by atomic mass is 9.93. The molecule has 1 aromatic carbocycles. The first-order valence-electron chi connectivity index (χ1n) is 14.4. The number of nitrogens with zero attached hydrogens (tertiary/aromatic N) is 2.